The van der Waals surface area contributed by atoms with E-state index < -0.39 is 22.5 Å². The van der Waals surface area contributed by atoms with Gasteiger partial charge in [-0.1, -0.05) is 29.8 Å². The van der Waals surface area contributed by atoms with Crippen LogP contribution in [0.5, 0.6) is 11.5 Å². The van der Waals surface area contributed by atoms with Crippen molar-refractivity contribution in [2.75, 3.05) is 13.2 Å². The number of sulfonamides is 1. The molecular weight excluding hydrogens is 418 g/mol. The van der Waals surface area contributed by atoms with Crippen LogP contribution in [-0.2, 0) is 32.6 Å². The van der Waals surface area contributed by atoms with Gasteiger partial charge in [0.15, 0.2) is 0 Å². The molecule has 1 aliphatic rings. The van der Waals surface area contributed by atoms with Gasteiger partial charge in [0, 0.05) is 23.0 Å². The third-order valence-electron chi connectivity index (χ3n) is 4.70. The molecule has 0 fully saturated rings. The molecule has 1 aliphatic heterocycles. The third kappa shape index (κ3) is 6.57. The van der Waals surface area contributed by atoms with Crippen molar-refractivity contribution in [3.8, 4) is 11.5 Å². The van der Waals surface area contributed by atoms with E-state index in [0.717, 1.165) is 34.3 Å². The molecule has 0 aromatic heterocycles. The SMILES string of the molecule is CCOc1cc2c(cc1COC(=O)CNS(=O)(=O)/C=C/c1ccc(C)cc1)OC(C)C2. The average Bonchev–Trinajstić information content (AvgIpc) is 3.09. The minimum atomic E-state index is -3.77. The standard InChI is InChI=1S/C23H27NO6S/c1-4-28-21-12-19-11-17(3)30-22(19)13-20(21)15-29-23(25)14-24-31(26,27)10-9-18-7-5-16(2)6-8-18/h5-10,12-13,17,24H,4,11,14-15H2,1-3H3/b10-9+. The van der Waals surface area contributed by atoms with Gasteiger partial charge in [-0.25, -0.2) is 13.1 Å². The van der Waals surface area contributed by atoms with Crippen LogP contribution in [0.1, 0.15) is 36.1 Å². The predicted octanol–water partition coefficient (Wildman–Crippen LogP) is 3.35. The highest BCUT2D eigenvalue weighted by Gasteiger charge is 2.22. The summed E-state index contributed by atoms with van der Waals surface area (Å²) in [7, 11) is -3.77. The fourth-order valence-corrected chi connectivity index (χ4v) is 3.90. The molecule has 1 unspecified atom stereocenters. The van der Waals surface area contributed by atoms with Gasteiger partial charge in [-0.2, -0.15) is 0 Å². The van der Waals surface area contributed by atoms with E-state index in [1.807, 2.05) is 57.2 Å². The number of carbonyl (C=O) groups is 1. The molecule has 3 rings (SSSR count). The highest BCUT2D eigenvalue weighted by molar-refractivity contribution is 7.92. The van der Waals surface area contributed by atoms with E-state index in [9.17, 15) is 13.2 Å². The molecule has 0 saturated heterocycles. The molecule has 1 N–H and O–H groups in total. The number of ether oxygens (including phenoxy) is 3. The Bertz CT molecular complexity index is 1060. The lowest BCUT2D eigenvalue weighted by atomic mass is 10.1. The largest absolute Gasteiger partial charge is 0.493 e. The normalized spacial score (nSPS) is 15.5. The van der Waals surface area contributed by atoms with Gasteiger partial charge in [-0.05, 0) is 44.5 Å². The number of benzene rings is 2. The highest BCUT2D eigenvalue weighted by atomic mass is 32.2. The van der Waals surface area contributed by atoms with Crippen LogP contribution in [0.2, 0.25) is 0 Å². The van der Waals surface area contributed by atoms with E-state index in [-0.39, 0.29) is 12.7 Å². The summed E-state index contributed by atoms with van der Waals surface area (Å²) >= 11 is 0. The number of aryl methyl sites for hydroxylation is 1. The number of carbonyl (C=O) groups excluding carboxylic acids is 1. The van der Waals surface area contributed by atoms with Crippen molar-refractivity contribution in [1.29, 1.82) is 0 Å². The fourth-order valence-electron chi connectivity index (χ4n) is 3.15. The van der Waals surface area contributed by atoms with Crippen LogP contribution in [0.15, 0.2) is 41.8 Å². The lowest BCUT2D eigenvalue weighted by Gasteiger charge is -2.13. The number of fused-ring (bicyclic) bond motifs is 1. The molecule has 0 radical (unpaired) electrons. The zero-order chi connectivity index (χ0) is 22.4. The first-order valence-electron chi connectivity index (χ1n) is 10.1. The van der Waals surface area contributed by atoms with Gasteiger partial charge in [-0.3, -0.25) is 4.79 Å². The van der Waals surface area contributed by atoms with Crippen LogP contribution in [0.3, 0.4) is 0 Å². The maximum atomic E-state index is 12.1. The third-order valence-corrected chi connectivity index (χ3v) is 5.74. The molecule has 31 heavy (non-hydrogen) atoms. The summed E-state index contributed by atoms with van der Waals surface area (Å²) in [6.45, 7) is 5.78. The summed E-state index contributed by atoms with van der Waals surface area (Å²) in [5.41, 5.74) is 3.55. The van der Waals surface area contributed by atoms with Crippen LogP contribution < -0.4 is 14.2 Å². The molecule has 2 aromatic carbocycles. The Morgan fingerprint density at radius 2 is 2.00 bits per heavy atom. The van der Waals surface area contributed by atoms with E-state index >= 15 is 0 Å². The quantitative estimate of drug-likeness (QED) is 0.596. The molecular formula is C23H27NO6S. The van der Waals surface area contributed by atoms with Gasteiger partial charge in [0.1, 0.15) is 30.8 Å². The maximum Gasteiger partial charge on any atom is 0.321 e. The van der Waals surface area contributed by atoms with Crippen LogP contribution in [0.25, 0.3) is 6.08 Å². The van der Waals surface area contributed by atoms with E-state index in [1.54, 1.807) is 0 Å². The molecule has 8 heteroatoms. The number of hydrogen-bond acceptors (Lipinski definition) is 6. The molecule has 0 aliphatic carbocycles. The first kappa shape index (κ1) is 22.8. The van der Waals surface area contributed by atoms with Gasteiger partial charge in [0.05, 0.1) is 6.61 Å². The van der Waals surface area contributed by atoms with E-state index in [2.05, 4.69) is 4.72 Å². The van der Waals surface area contributed by atoms with Crippen LogP contribution in [-0.4, -0.2) is 33.6 Å². The Morgan fingerprint density at radius 3 is 2.71 bits per heavy atom. The fraction of sp³-hybridized carbons (Fsp3) is 0.348. The van der Waals surface area contributed by atoms with Crippen LogP contribution in [0, 0.1) is 6.92 Å². The van der Waals surface area contributed by atoms with Crippen LogP contribution in [0.4, 0.5) is 0 Å². The Hall–Kier alpha value is -2.84. The summed E-state index contributed by atoms with van der Waals surface area (Å²) in [5, 5.41) is 1.02. The van der Waals surface area contributed by atoms with E-state index in [1.165, 1.54) is 6.08 Å². The Balaban J connectivity index is 1.55. The van der Waals surface area contributed by atoms with Crippen molar-refractivity contribution in [1.82, 2.24) is 4.72 Å². The Morgan fingerprint density at radius 1 is 1.26 bits per heavy atom. The zero-order valence-electron chi connectivity index (χ0n) is 17.9. The summed E-state index contributed by atoms with van der Waals surface area (Å²) < 4.78 is 43.1. The molecule has 1 heterocycles. The summed E-state index contributed by atoms with van der Waals surface area (Å²) in [6.07, 6.45) is 2.35. The lowest BCUT2D eigenvalue weighted by Crippen LogP contribution is -2.29. The van der Waals surface area contributed by atoms with E-state index in [0.29, 0.717) is 17.9 Å². The van der Waals surface area contributed by atoms with E-state index in [4.69, 9.17) is 14.2 Å². The predicted molar refractivity (Wildman–Crippen MR) is 118 cm³/mol. The second-order valence-electron chi connectivity index (χ2n) is 7.37. The monoisotopic (exact) mass is 445 g/mol. The minimum absolute atomic E-state index is 0.0415. The maximum absolute atomic E-state index is 12.1. The first-order chi connectivity index (χ1) is 14.8. The van der Waals surface area contributed by atoms with Gasteiger partial charge >= 0.3 is 5.97 Å². The zero-order valence-corrected chi connectivity index (χ0v) is 18.7. The summed E-state index contributed by atoms with van der Waals surface area (Å²) in [4.78, 5) is 12.1. The summed E-state index contributed by atoms with van der Waals surface area (Å²) in [6, 6.07) is 11.1. The number of esters is 1. The highest BCUT2D eigenvalue weighted by Crippen LogP contribution is 2.35. The van der Waals surface area contributed by atoms with Gasteiger partial charge in [-0.15, -0.1) is 0 Å². The van der Waals surface area contributed by atoms with Crippen molar-refractivity contribution in [3.63, 3.8) is 0 Å². The first-order valence-corrected chi connectivity index (χ1v) is 11.7. The van der Waals surface area contributed by atoms with Crippen molar-refractivity contribution in [2.24, 2.45) is 0 Å². The van der Waals surface area contributed by atoms with Gasteiger partial charge < -0.3 is 14.2 Å². The molecule has 0 amide bonds. The molecule has 0 bridgehead atoms. The molecule has 0 spiro atoms. The Labute approximate surface area is 183 Å². The lowest BCUT2D eigenvalue weighted by molar-refractivity contribution is -0.143. The van der Waals surface area contributed by atoms with Gasteiger partial charge in [0.2, 0.25) is 10.0 Å². The molecule has 0 saturated carbocycles. The topological polar surface area (TPSA) is 90.9 Å². The van der Waals surface area contributed by atoms with Crippen LogP contribution >= 0.6 is 0 Å². The summed E-state index contributed by atoms with van der Waals surface area (Å²) in [5.74, 6) is 0.696. The van der Waals surface area contributed by atoms with Gasteiger partial charge in [0.25, 0.3) is 0 Å². The Kier molecular flexibility index (Phi) is 7.35. The molecule has 2 aromatic rings. The van der Waals surface area contributed by atoms with Crippen molar-refractivity contribution >= 4 is 22.1 Å². The molecule has 1 atom stereocenters. The number of rotatable bonds is 9. The average molecular weight is 446 g/mol. The van der Waals surface area contributed by atoms with Crippen molar-refractivity contribution in [2.45, 2.75) is 39.9 Å². The second kappa shape index (κ2) is 9.98. The molecule has 166 valence electrons. The minimum Gasteiger partial charge on any atom is -0.493 e. The number of hydrogen-bond donors (Lipinski definition) is 1. The number of nitrogens with one attached hydrogen (secondary N) is 1. The smallest absolute Gasteiger partial charge is 0.321 e. The van der Waals surface area contributed by atoms with Crippen molar-refractivity contribution in [3.05, 3.63) is 64.1 Å². The van der Waals surface area contributed by atoms with Crippen molar-refractivity contribution < 1.29 is 27.4 Å². The molecule has 7 nitrogen and oxygen atoms in total. The second-order valence-corrected chi connectivity index (χ2v) is 9.02.